The highest BCUT2D eigenvalue weighted by atomic mass is 35.5. The maximum atomic E-state index is 12.2. The van der Waals surface area contributed by atoms with Crippen LogP contribution in [0.5, 0.6) is 0 Å². The summed E-state index contributed by atoms with van der Waals surface area (Å²) in [7, 11) is 0. The molecule has 1 fully saturated rings. The zero-order valence-electron chi connectivity index (χ0n) is 11.8. The van der Waals surface area contributed by atoms with E-state index in [1.807, 2.05) is 31.7 Å². The van der Waals surface area contributed by atoms with Crippen molar-refractivity contribution >= 4 is 28.8 Å². The zero-order valence-corrected chi connectivity index (χ0v) is 13.4. The van der Waals surface area contributed by atoms with E-state index in [-0.39, 0.29) is 11.3 Å². The third kappa shape index (κ3) is 3.94. The molecule has 0 bridgehead atoms. The predicted molar refractivity (Wildman–Crippen MR) is 80.6 cm³/mol. The third-order valence-electron chi connectivity index (χ3n) is 3.31. The molecule has 0 atom stereocenters. The van der Waals surface area contributed by atoms with Crippen molar-refractivity contribution in [2.45, 2.75) is 27.3 Å². The summed E-state index contributed by atoms with van der Waals surface area (Å²) >= 11 is 7.58. The van der Waals surface area contributed by atoms with Crippen LogP contribution >= 0.6 is 22.9 Å². The minimum atomic E-state index is -0.274. The predicted octanol–water partition coefficient (Wildman–Crippen LogP) is 3.09. The molecule has 0 radical (unpaired) electrons. The molecule has 0 N–H and O–H groups in total. The largest absolute Gasteiger partial charge is 0.340 e. The summed E-state index contributed by atoms with van der Waals surface area (Å²) in [5.74, 6) is 0.256. The van der Waals surface area contributed by atoms with Gasteiger partial charge in [0.25, 0.3) is 0 Å². The Balaban J connectivity index is 1.84. The van der Waals surface area contributed by atoms with E-state index in [0.29, 0.717) is 0 Å². The molecular weight excluding hydrogens is 280 g/mol. The molecule has 3 nitrogen and oxygen atoms in total. The van der Waals surface area contributed by atoms with Gasteiger partial charge in [0.2, 0.25) is 5.91 Å². The maximum Gasteiger partial charge on any atom is 0.228 e. The minimum absolute atomic E-state index is 0.256. The first-order valence-corrected chi connectivity index (χ1v) is 7.81. The van der Waals surface area contributed by atoms with Crippen molar-refractivity contribution in [3.8, 4) is 0 Å². The highest BCUT2D eigenvalue weighted by Crippen LogP contribution is 2.24. The Morgan fingerprint density at radius 3 is 2.37 bits per heavy atom. The van der Waals surface area contributed by atoms with Gasteiger partial charge in [-0.15, -0.1) is 11.3 Å². The van der Waals surface area contributed by atoms with Crippen LogP contribution < -0.4 is 0 Å². The van der Waals surface area contributed by atoms with E-state index in [2.05, 4.69) is 11.0 Å². The monoisotopic (exact) mass is 300 g/mol. The number of piperazine rings is 1. The number of carbonyl (C=O) groups is 1. The number of rotatable bonds is 2. The molecule has 1 aromatic rings. The normalized spacial score (nSPS) is 17.8. The Morgan fingerprint density at radius 1 is 1.26 bits per heavy atom. The first kappa shape index (κ1) is 14.8. The van der Waals surface area contributed by atoms with Crippen LogP contribution in [0, 0.1) is 5.41 Å². The molecule has 1 aromatic heterocycles. The van der Waals surface area contributed by atoms with Gasteiger partial charge in [0.15, 0.2) is 0 Å². The first-order chi connectivity index (χ1) is 8.86. The van der Waals surface area contributed by atoms with E-state index in [1.54, 1.807) is 11.3 Å². The van der Waals surface area contributed by atoms with Gasteiger partial charge < -0.3 is 4.90 Å². The van der Waals surface area contributed by atoms with Gasteiger partial charge >= 0.3 is 0 Å². The Labute approximate surface area is 124 Å². The van der Waals surface area contributed by atoms with Crippen molar-refractivity contribution in [2.24, 2.45) is 5.41 Å². The highest BCUT2D eigenvalue weighted by Gasteiger charge is 2.29. The van der Waals surface area contributed by atoms with Gasteiger partial charge in [-0.3, -0.25) is 9.69 Å². The van der Waals surface area contributed by atoms with Crippen LogP contribution in [0.4, 0.5) is 0 Å². The lowest BCUT2D eigenvalue weighted by Gasteiger charge is -2.37. The van der Waals surface area contributed by atoms with E-state index in [9.17, 15) is 4.79 Å². The van der Waals surface area contributed by atoms with Crippen molar-refractivity contribution in [1.82, 2.24) is 9.80 Å². The molecule has 2 rings (SSSR count). The van der Waals surface area contributed by atoms with Crippen LogP contribution in [-0.4, -0.2) is 41.9 Å². The van der Waals surface area contributed by atoms with Gasteiger partial charge in [-0.25, -0.2) is 0 Å². The number of amides is 1. The molecular formula is C14H21ClN2OS. The van der Waals surface area contributed by atoms with E-state index < -0.39 is 0 Å². The molecule has 0 unspecified atom stereocenters. The van der Waals surface area contributed by atoms with Crippen molar-refractivity contribution in [3.05, 3.63) is 21.3 Å². The zero-order chi connectivity index (χ0) is 14.0. The molecule has 106 valence electrons. The second-order valence-electron chi connectivity index (χ2n) is 6.02. The molecule has 0 aliphatic carbocycles. The van der Waals surface area contributed by atoms with Crippen LogP contribution in [0.25, 0.3) is 0 Å². The van der Waals surface area contributed by atoms with E-state index in [1.165, 1.54) is 4.88 Å². The highest BCUT2D eigenvalue weighted by molar-refractivity contribution is 7.16. The van der Waals surface area contributed by atoms with Crippen molar-refractivity contribution < 1.29 is 4.79 Å². The van der Waals surface area contributed by atoms with Crippen molar-refractivity contribution in [1.29, 1.82) is 0 Å². The fourth-order valence-electron chi connectivity index (χ4n) is 2.24. The summed E-state index contributed by atoms with van der Waals surface area (Å²) in [6.07, 6.45) is 0. The van der Waals surface area contributed by atoms with Gasteiger partial charge in [0.1, 0.15) is 0 Å². The van der Waals surface area contributed by atoms with E-state index >= 15 is 0 Å². The average molecular weight is 301 g/mol. The number of thiophene rings is 1. The summed E-state index contributed by atoms with van der Waals surface area (Å²) in [6, 6.07) is 4.03. The van der Waals surface area contributed by atoms with Crippen molar-refractivity contribution in [3.63, 3.8) is 0 Å². The van der Waals surface area contributed by atoms with E-state index in [4.69, 9.17) is 11.6 Å². The lowest BCUT2D eigenvalue weighted by atomic mass is 9.94. The number of halogens is 1. The first-order valence-electron chi connectivity index (χ1n) is 6.62. The number of hydrogen-bond donors (Lipinski definition) is 0. The summed E-state index contributed by atoms with van der Waals surface area (Å²) in [4.78, 5) is 17.8. The molecule has 1 amide bonds. The molecule has 2 heterocycles. The molecule has 1 aliphatic rings. The second-order valence-corrected chi connectivity index (χ2v) is 7.82. The Morgan fingerprint density at radius 2 is 1.89 bits per heavy atom. The Kier molecular flexibility index (Phi) is 4.54. The molecule has 1 aliphatic heterocycles. The van der Waals surface area contributed by atoms with Crippen LogP contribution in [0.1, 0.15) is 25.6 Å². The maximum absolute atomic E-state index is 12.2. The van der Waals surface area contributed by atoms with Crippen LogP contribution in [0.15, 0.2) is 12.1 Å². The number of hydrogen-bond acceptors (Lipinski definition) is 3. The van der Waals surface area contributed by atoms with Crippen LogP contribution in [0.3, 0.4) is 0 Å². The van der Waals surface area contributed by atoms with Crippen LogP contribution in [0.2, 0.25) is 4.34 Å². The average Bonchev–Trinajstić information content (AvgIpc) is 2.74. The molecule has 1 saturated heterocycles. The fourth-order valence-corrected chi connectivity index (χ4v) is 3.37. The quantitative estimate of drug-likeness (QED) is 0.838. The number of carbonyl (C=O) groups excluding carboxylic acids is 1. The van der Waals surface area contributed by atoms with Gasteiger partial charge in [-0.05, 0) is 12.1 Å². The van der Waals surface area contributed by atoms with Gasteiger partial charge in [0.05, 0.1) is 4.34 Å². The Hall–Kier alpha value is -0.580. The SMILES string of the molecule is CC(C)(C)C(=O)N1CCN(Cc2ccc(Cl)s2)CC1. The molecule has 0 aromatic carbocycles. The summed E-state index contributed by atoms with van der Waals surface area (Å²) < 4.78 is 0.844. The molecule has 19 heavy (non-hydrogen) atoms. The summed E-state index contributed by atoms with van der Waals surface area (Å²) in [6.45, 7) is 10.4. The minimum Gasteiger partial charge on any atom is -0.340 e. The third-order valence-corrected chi connectivity index (χ3v) is 4.53. The smallest absolute Gasteiger partial charge is 0.228 e. The van der Waals surface area contributed by atoms with Gasteiger partial charge in [-0.1, -0.05) is 32.4 Å². The van der Waals surface area contributed by atoms with Gasteiger partial charge in [-0.2, -0.15) is 0 Å². The lowest BCUT2D eigenvalue weighted by Crippen LogP contribution is -2.51. The lowest BCUT2D eigenvalue weighted by molar-refractivity contribution is -0.141. The standard InChI is InChI=1S/C14H21ClN2OS/c1-14(2,3)13(18)17-8-6-16(7-9-17)10-11-4-5-12(15)19-11/h4-5H,6-10H2,1-3H3. The van der Waals surface area contributed by atoms with Crippen LogP contribution in [-0.2, 0) is 11.3 Å². The summed E-state index contributed by atoms with van der Waals surface area (Å²) in [5, 5.41) is 0. The van der Waals surface area contributed by atoms with Gasteiger partial charge in [0, 0.05) is 43.0 Å². The fraction of sp³-hybridized carbons (Fsp3) is 0.643. The topological polar surface area (TPSA) is 23.6 Å². The number of nitrogens with zero attached hydrogens (tertiary/aromatic N) is 2. The Bertz CT molecular complexity index is 445. The second kappa shape index (κ2) is 5.81. The molecule has 0 spiro atoms. The van der Waals surface area contributed by atoms with Crippen molar-refractivity contribution in [2.75, 3.05) is 26.2 Å². The summed E-state index contributed by atoms with van der Waals surface area (Å²) in [5.41, 5.74) is -0.274. The van der Waals surface area contributed by atoms with E-state index in [0.717, 1.165) is 37.1 Å². The molecule has 5 heteroatoms. The molecule has 0 saturated carbocycles.